The second-order valence-corrected chi connectivity index (χ2v) is 5.93. The molecule has 0 spiro atoms. The molecule has 0 aromatic heterocycles. The molecule has 0 aliphatic carbocycles. The lowest BCUT2D eigenvalue weighted by molar-refractivity contribution is -0.139. The predicted molar refractivity (Wildman–Crippen MR) is 97.4 cm³/mol. The number of amides is 2. The topological polar surface area (TPSA) is 103 Å². The molecule has 146 valence electrons. The molecule has 0 fully saturated rings. The van der Waals surface area contributed by atoms with Gasteiger partial charge in [-0.15, -0.1) is 0 Å². The van der Waals surface area contributed by atoms with Crippen LogP contribution >= 0.6 is 0 Å². The van der Waals surface area contributed by atoms with E-state index in [0.29, 0.717) is 17.7 Å². The Balaban J connectivity index is 2.22. The quantitative estimate of drug-likeness (QED) is 0.706. The molecule has 1 aliphatic rings. The summed E-state index contributed by atoms with van der Waals surface area (Å²) in [5, 5.41) is 5.20. The smallest absolute Gasteiger partial charge is 0.338 e. The first-order valence-electron chi connectivity index (χ1n) is 8.70. The molecule has 0 radical (unpaired) electrons. The summed E-state index contributed by atoms with van der Waals surface area (Å²) in [6.45, 7) is 5.33. The van der Waals surface area contributed by atoms with Gasteiger partial charge in [0, 0.05) is 0 Å². The second kappa shape index (κ2) is 9.07. The maximum Gasteiger partial charge on any atom is 0.338 e. The number of aryl methyl sites for hydroxylation is 1. The molecular weight excluding hydrogens is 352 g/mol. The van der Waals surface area contributed by atoms with Gasteiger partial charge in [0.2, 0.25) is 0 Å². The molecule has 1 heterocycles. The van der Waals surface area contributed by atoms with Gasteiger partial charge in [-0.3, -0.25) is 0 Å². The third-order valence-electron chi connectivity index (χ3n) is 4.14. The Kier molecular flexibility index (Phi) is 6.81. The minimum absolute atomic E-state index is 0.197. The maximum atomic E-state index is 12.4. The van der Waals surface area contributed by atoms with Crippen LogP contribution in [0, 0.1) is 6.92 Å². The number of methoxy groups -OCH3 is 1. The van der Waals surface area contributed by atoms with Crippen LogP contribution in [0.1, 0.15) is 36.2 Å². The van der Waals surface area contributed by atoms with Crippen molar-refractivity contribution in [3.8, 4) is 5.75 Å². The monoisotopic (exact) mass is 376 g/mol. The molecule has 1 aromatic rings. The van der Waals surface area contributed by atoms with E-state index in [2.05, 4.69) is 10.6 Å². The third kappa shape index (κ3) is 4.78. The zero-order valence-electron chi connectivity index (χ0n) is 15.9. The third-order valence-corrected chi connectivity index (χ3v) is 4.14. The Bertz CT molecular complexity index is 771. The molecule has 0 saturated carbocycles. The van der Waals surface area contributed by atoms with Crippen LogP contribution in [-0.2, 0) is 14.3 Å². The standard InChI is InChI=1S/C19H24N2O6/c1-5-13-16(18(23)26-6-2)14(21-19(24)20-13)10-27-17(22)12-8-7-11(3)15(9-12)25-4/h7-9,13H,5-6,10H2,1-4H3,(H2,20,21,24)/t13-/m1/s1. The van der Waals surface area contributed by atoms with Gasteiger partial charge in [0.1, 0.15) is 12.4 Å². The SMILES string of the molecule is CCOC(=O)C1=C(COC(=O)c2ccc(C)c(OC)c2)NC(=O)N[C@@H]1CC. The van der Waals surface area contributed by atoms with Crippen molar-refractivity contribution in [2.45, 2.75) is 33.2 Å². The van der Waals surface area contributed by atoms with Crippen molar-refractivity contribution in [1.29, 1.82) is 0 Å². The summed E-state index contributed by atoms with van der Waals surface area (Å²) in [4.78, 5) is 36.5. The van der Waals surface area contributed by atoms with Gasteiger partial charge in [0.25, 0.3) is 0 Å². The number of rotatable bonds is 7. The fourth-order valence-electron chi connectivity index (χ4n) is 2.74. The van der Waals surface area contributed by atoms with Crippen LogP contribution in [0.5, 0.6) is 5.75 Å². The van der Waals surface area contributed by atoms with Crippen LogP contribution in [0.4, 0.5) is 4.79 Å². The second-order valence-electron chi connectivity index (χ2n) is 5.93. The first-order valence-corrected chi connectivity index (χ1v) is 8.70. The highest BCUT2D eigenvalue weighted by Gasteiger charge is 2.32. The Morgan fingerprint density at radius 2 is 1.89 bits per heavy atom. The lowest BCUT2D eigenvalue weighted by atomic mass is 10.0. The van der Waals surface area contributed by atoms with E-state index in [1.807, 2.05) is 13.8 Å². The Morgan fingerprint density at radius 3 is 2.52 bits per heavy atom. The minimum Gasteiger partial charge on any atom is -0.496 e. The molecule has 0 bridgehead atoms. The number of ether oxygens (including phenoxy) is 3. The highest BCUT2D eigenvalue weighted by molar-refractivity contribution is 5.95. The largest absolute Gasteiger partial charge is 0.496 e. The van der Waals surface area contributed by atoms with E-state index in [9.17, 15) is 14.4 Å². The predicted octanol–water partition coefficient (Wildman–Crippen LogP) is 2.07. The summed E-state index contributed by atoms with van der Waals surface area (Å²) in [5.74, 6) is -0.582. The number of hydrogen-bond acceptors (Lipinski definition) is 6. The average Bonchev–Trinajstić information content (AvgIpc) is 2.65. The van der Waals surface area contributed by atoms with Gasteiger partial charge in [-0.1, -0.05) is 13.0 Å². The molecule has 27 heavy (non-hydrogen) atoms. The number of hydrogen-bond donors (Lipinski definition) is 2. The van der Waals surface area contributed by atoms with Crippen molar-refractivity contribution in [2.75, 3.05) is 20.3 Å². The van der Waals surface area contributed by atoms with Crippen molar-refractivity contribution in [3.63, 3.8) is 0 Å². The molecule has 1 aliphatic heterocycles. The zero-order valence-corrected chi connectivity index (χ0v) is 15.9. The van der Waals surface area contributed by atoms with Crippen LogP contribution in [-0.4, -0.2) is 44.3 Å². The van der Waals surface area contributed by atoms with Gasteiger partial charge in [0.15, 0.2) is 0 Å². The van der Waals surface area contributed by atoms with Gasteiger partial charge in [-0.05, 0) is 38.0 Å². The highest BCUT2D eigenvalue weighted by Crippen LogP contribution is 2.21. The zero-order chi connectivity index (χ0) is 20.0. The number of carbonyl (C=O) groups excluding carboxylic acids is 3. The van der Waals surface area contributed by atoms with Crippen molar-refractivity contribution < 1.29 is 28.6 Å². The first kappa shape index (κ1) is 20.3. The van der Waals surface area contributed by atoms with Crippen molar-refractivity contribution in [1.82, 2.24) is 10.6 Å². The average molecular weight is 376 g/mol. The van der Waals surface area contributed by atoms with Gasteiger partial charge >= 0.3 is 18.0 Å². The summed E-state index contributed by atoms with van der Waals surface area (Å²) in [6, 6.07) is 3.98. The fraction of sp³-hybridized carbons (Fsp3) is 0.421. The summed E-state index contributed by atoms with van der Waals surface area (Å²) in [7, 11) is 1.52. The number of urea groups is 1. The number of benzene rings is 1. The van der Waals surface area contributed by atoms with E-state index in [0.717, 1.165) is 5.56 Å². The molecular formula is C19H24N2O6. The van der Waals surface area contributed by atoms with Crippen LogP contribution < -0.4 is 15.4 Å². The minimum atomic E-state index is -0.593. The molecule has 2 amide bonds. The van der Waals surface area contributed by atoms with E-state index < -0.39 is 24.0 Å². The van der Waals surface area contributed by atoms with Crippen LogP contribution in [0.2, 0.25) is 0 Å². The molecule has 1 aromatic carbocycles. The van der Waals surface area contributed by atoms with Gasteiger partial charge in [0.05, 0.1) is 36.6 Å². The summed E-state index contributed by atoms with van der Waals surface area (Å²) in [5.41, 5.74) is 1.67. The summed E-state index contributed by atoms with van der Waals surface area (Å²) >= 11 is 0. The van der Waals surface area contributed by atoms with E-state index in [1.54, 1.807) is 25.1 Å². The lowest BCUT2D eigenvalue weighted by Crippen LogP contribution is -2.51. The van der Waals surface area contributed by atoms with E-state index in [-0.39, 0.29) is 24.5 Å². The Labute approximate surface area is 157 Å². The molecule has 1 atom stereocenters. The van der Waals surface area contributed by atoms with E-state index in [4.69, 9.17) is 14.2 Å². The lowest BCUT2D eigenvalue weighted by Gasteiger charge is -2.28. The molecule has 8 heteroatoms. The Hall–Kier alpha value is -3.03. The van der Waals surface area contributed by atoms with Gasteiger partial charge in [-0.25, -0.2) is 14.4 Å². The van der Waals surface area contributed by atoms with Crippen molar-refractivity contribution in [3.05, 3.63) is 40.6 Å². The van der Waals surface area contributed by atoms with Crippen LogP contribution in [0.15, 0.2) is 29.5 Å². The number of nitrogens with one attached hydrogen (secondary N) is 2. The molecule has 2 N–H and O–H groups in total. The van der Waals surface area contributed by atoms with Crippen LogP contribution in [0.25, 0.3) is 0 Å². The molecule has 2 rings (SSSR count). The summed E-state index contributed by atoms with van der Waals surface area (Å²) < 4.78 is 15.6. The maximum absolute atomic E-state index is 12.4. The van der Waals surface area contributed by atoms with E-state index >= 15 is 0 Å². The summed E-state index contributed by atoms with van der Waals surface area (Å²) in [6.07, 6.45) is 0.494. The van der Waals surface area contributed by atoms with Gasteiger partial charge < -0.3 is 24.8 Å². The molecule has 8 nitrogen and oxygen atoms in total. The molecule has 0 saturated heterocycles. The highest BCUT2D eigenvalue weighted by atomic mass is 16.5. The number of esters is 2. The normalized spacial score (nSPS) is 16.3. The van der Waals surface area contributed by atoms with Crippen molar-refractivity contribution in [2.24, 2.45) is 0 Å². The molecule has 0 unspecified atom stereocenters. The Morgan fingerprint density at radius 1 is 1.15 bits per heavy atom. The van der Waals surface area contributed by atoms with Crippen molar-refractivity contribution >= 4 is 18.0 Å². The number of carbonyl (C=O) groups is 3. The van der Waals surface area contributed by atoms with E-state index in [1.165, 1.54) is 7.11 Å². The van der Waals surface area contributed by atoms with Gasteiger partial charge in [-0.2, -0.15) is 0 Å². The first-order chi connectivity index (χ1) is 12.9. The van der Waals surface area contributed by atoms with Crippen LogP contribution in [0.3, 0.4) is 0 Å². The fourth-order valence-corrected chi connectivity index (χ4v) is 2.74.